The summed E-state index contributed by atoms with van der Waals surface area (Å²) in [5.74, 6) is -0.254. The van der Waals surface area contributed by atoms with Gasteiger partial charge in [-0.1, -0.05) is 30.3 Å². The van der Waals surface area contributed by atoms with Crippen LogP contribution in [-0.2, 0) is 22.7 Å². The predicted octanol–water partition coefficient (Wildman–Crippen LogP) is 2.14. The van der Waals surface area contributed by atoms with Crippen molar-refractivity contribution in [1.29, 1.82) is 5.26 Å². The Labute approximate surface area is 170 Å². The zero-order valence-corrected chi connectivity index (χ0v) is 16.6. The number of amides is 1. The third kappa shape index (κ3) is 4.99. The van der Waals surface area contributed by atoms with Gasteiger partial charge < -0.3 is 4.74 Å². The second-order valence-corrected chi connectivity index (χ2v) is 6.87. The van der Waals surface area contributed by atoms with E-state index in [1.54, 1.807) is 24.1 Å². The van der Waals surface area contributed by atoms with Crippen LogP contribution in [0.15, 0.2) is 42.5 Å². The number of aryl methyl sites for hydroxylation is 1. The Balaban J connectivity index is 1.49. The van der Waals surface area contributed by atoms with Crippen LogP contribution in [0.5, 0.6) is 5.75 Å². The Bertz CT molecular complexity index is 926. The summed E-state index contributed by atoms with van der Waals surface area (Å²) in [6.45, 7) is 5.62. The molecule has 3 rings (SSSR count). The number of hydrazine groups is 1. The van der Waals surface area contributed by atoms with E-state index in [9.17, 15) is 9.59 Å². The number of nitrogens with one attached hydrogen (secondary N) is 1. The van der Waals surface area contributed by atoms with E-state index >= 15 is 0 Å². The average molecular weight is 392 g/mol. The van der Waals surface area contributed by atoms with Gasteiger partial charge in [-0.2, -0.15) is 5.26 Å². The molecule has 0 fully saturated rings. The van der Waals surface area contributed by atoms with E-state index in [1.807, 2.05) is 30.1 Å². The molecule has 0 atom stereocenters. The van der Waals surface area contributed by atoms with Crippen molar-refractivity contribution in [2.45, 2.75) is 26.9 Å². The van der Waals surface area contributed by atoms with Gasteiger partial charge in [-0.15, -0.1) is 0 Å². The van der Waals surface area contributed by atoms with Gasteiger partial charge in [-0.25, -0.2) is 5.01 Å². The van der Waals surface area contributed by atoms with Gasteiger partial charge in [0.15, 0.2) is 0 Å². The summed E-state index contributed by atoms with van der Waals surface area (Å²) >= 11 is 0. The van der Waals surface area contributed by atoms with Crippen molar-refractivity contribution in [3.05, 3.63) is 64.7 Å². The van der Waals surface area contributed by atoms with Crippen molar-refractivity contribution >= 4 is 11.9 Å². The number of hydrogen-bond donors (Lipinski definition) is 1. The number of nitriles is 1. The molecule has 0 unspecified atom stereocenters. The van der Waals surface area contributed by atoms with Gasteiger partial charge in [-0.3, -0.25) is 19.9 Å². The van der Waals surface area contributed by atoms with Gasteiger partial charge in [0.2, 0.25) is 0 Å². The van der Waals surface area contributed by atoms with E-state index < -0.39 is 5.97 Å². The SMILES string of the molecule is CCN(C(=O)CNCC(=O)Oc1cc(C#N)ccc1C)N1Cc2ccccc2C1. The van der Waals surface area contributed by atoms with Gasteiger partial charge in [-0.05, 0) is 42.7 Å². The molecule has 0 aromatic heterocycles. The van der Waals surface area contributed by atoms with E-state index in [0.717, 1.165) is 5.56 Å². The summed E-state index contributed by atoms with van der Waals surface area (Å²) in [6.07, 6.45) is 0. The van der Waals surface area contributed by atoms with Crippen molar-refractivity contribution in [2.24, 2.45) is 0 Å². The first-order valence-electron chi connectivity index (χ1n) is 9.56. The summed E-state index contributed by atoms with van der Waals surface area (Å²) in [6, 6.07) is 15.1. The highest BCUT2D eigenvalue weighted by Crippen LogP contribution is 2.23. The van der Waals surface area contributed by atoms with Crippen molar-refractivity contribution in [3.63, 3.8) is 0 Å². The predicted molar refractivity (Wildman–Crippen MR) is 107 cm³/mol. The maximum absolute atomic E-state index is 12.6. The largest absolute Gasteiger partial charge is 0.425 e. The molecule has 1 N–H and O–H groups in total. The number of rotatable bonds is 7. The summed E-state index contributed by atoms with van der Waals surface area (Å²) in [5.41, 5.74) is 3.64. The summed E-state index contributed by atoms with van der Waals surface area (Å²) in [4.78, 5) is 24.7. The van der Waals surface area contributed by atoms with Crippen LogP contribution in [0, 0.1) is 18.3 Å². The van der Waals surface area contributed by atoms with Crippen LogP contribution in [0.1, 0.15) is 29.2 Å². The second-order valence-electron chi connectivity index (χ2n) is 6.87. The summed E-state index contributed by atoms with van der Waals surface area (Å²) in [7, 11) is 0. The molecule has 0 saturated heterocycles. The molecule has 0 radical (unpaired) electrons. The smallest absolute Gasteiger partial charge is 0.325 e. The Morgan fingerprint density at radius 2 is 1.86 bits per heavy atom. The number of fused-ring (bicyclic) bond motifs is 1. The Hall–Kier alpha value is -3.21. The molecular formula is C22H24N4O3. The molecule has 7 heteroatoms. The zero-order valence-electron chi connectivity index (χ0n) is 16.6. The van der Waals surface area contributed by atoms with Crippen molar-refractivity contribution in [3.8, 4) is 11.8 Å². The minimum Gasteiger partial charge on any atom is -0.425 e. The zero-order chi connectivity index (χ0) is 20.8. The monoisotopic (exact) mass is 392 g/mol. The molecule has 150 valence electrons. The van der Waals surface area contributed by atoms with Gasteiger partial charge in [0.1, 0.15) is 5.75 Å². The van der Waals surface area contributed by atoms with E-state index in [0.29, 0.717) is 30.9 Å². The van der Waals surface area contributed by atoms with Crippen LogP contribution in [0.3, 0.4) is 0 Å². The average Bonchev–Trinajstić information content (AvgIpc) is 3.14. The maximum atomic E-state index is 12.6. The Kier molecular flexibility index (Phi) is 6.60. The van der Waals surface area contributed by atoms with Crippen molar-refractivity contribution in [1.82, 2.24) is 15.3 Å². The van der Waals surface area contributed by atoms with Crippen LogP contribution in [0.2, 0.25) is 0 Å². The highest BCUT2D eigenvalue weighted by Gasteiger charge is 2.26. The Morgan fingerprint density at radius 1 is 1.17 bits per heavy atom. The number of hydrogen-bond acceptors (Lipinski definition) is 6. The molecule has 1 heterocycles. The molecule has 0 saturated carbocycles. The quantitative estimate of drug-likeness (QED) is 0.574. The van der Waals surface area contributed by atoms with Crippen LogP contribution < -0.4 is 10.1 Å². The number of benzene rings is 2. The lowest BCUT2D eigenvalue weighted by atomic mass is 10.1. The van der Waals surface area contributed by atoms with Crippen LogP contribution in [0.25, 0.3) is 0 Å². The number of carbonyl (C=O) groups excluding carboxylic acids is 2. The molecule has 7 nitrogen and oxygen atoms in total. The minimum atomic E-state index is -0.507. The van der Waals surface area contributed by atoms with E-state index in [2.05, 4.69) is 17.4 Å². The number of likely N-dealkylation sites (N-methyl/N-ethyl adjacent to an activating group) is 1. The van der Waals surface area contributed by atoms with Crippen LogP contribution >= 0.6 is 0 Å². The number of esters is 1. The lowest BCUT2D eigenvalue weighted by Gasteiger charge is -2.30. The van der Waals surface area contributed by atoms with Crippen molar-refractivity contribution < 1.29 is 14.3 Å². The molecule has 0 bridgehead atoms. The van der Waals surface area contributed by atoms with Gasteiger partial charge >= 0.3 is 5.97 Å². The molecule has 1 aliphatic heterocycles. The molecule has 0 spiro atoms. The first-order valence-corrected chi connectivity index (χ1v) is 9.56. The first kappa shape index (κ1) is 20.5. The highest BCUT2D eigenvalue weighted by atomic mass is 16.5. The van der Waals surface area contributed by atoms with Crippen molar-refractivity contribution in [2.75, 3.05) is 19.6 Å². The van der Waals surface area contributed by atoms with Gasteiger partial charge in [0.05, 0.1) is 24.7 Å². The number of ether oxygens (including phenoxy) is 1. The third-order valence-corrected chi connectivity index (χ3v) is 4.84. The minimum absolute atomic E-state index is 0.0347. The molecule has 29 heavy (non-hydrogen) atoms. The fraction of sp³-hybridized carbons (Fsp3) is 0.318. The molecule has 2 aromatic carbocycles. The van der Waals surface area contributed by atoms with E-state index in [-0.39, 0.29) is 19.0 Å². The first-order chi connectivity index (χ1) is 14.0. The molecule has 1 amide bonds. The maximum Gasteiger partial charge on any atom is 0.325 e. The topological polar surface area (TPSA) is 85.7 Å². The lowest BCUT2D eigenvalue weighted by Crippen LogP contribution is -2.47. The summed E-state index contributed by atoms with van der Waals surface area (Å²) in [5, 5.41) is 15.5. The van der Waals surface area contributed by atoms with Crippen LogP contribution in [-0.4, -0.2) is 41.5 Å². The second kappa shape index (κ2) is 9.32. The third-order valence-electron chi connectivity index (χ3n) is 4.84. The molecule has 2 aromatic rings. The standard InChI is InChI=1S/C22H24N4O3/c1-3-26(25-14-18-6-4-5-7-19(18)15-25)21(27)12-24-13-22(28)29-20-10-17(11-23)9-8-16(20)2/h4-10,24H,3,12-15H2,1-2H3. The van der Waals surface area contributed by atoms with E-state index in [1.165, 1.54) is 17.2 Å². The normalized spacial score (nSPS) is 12.9. The Morgan fingerprint density at radius 3 is 2.48 bits per heavy atom. The summed E-state index contributed by atoms with van der Waals surface area (Å²) < 4.78 is 5.31. The lowest BCUT2D eigenvalue weighted by molar-refractivity contribution is -0.148. The van der Waals surface area contributed by atoms with Gasteiger partial charge in [0.25, 0.3) is 5.91 Å². The number of nitrogens with zero attached hydrogens (tertiary/aromatic N) is 3. The van der Waals surface area contributed by atoms with Gasteiger partial charge in [0, 0.05) is 19.6 Å². The van der Waals surface area contributed by atoms with Crippen LogP contribution in [0.4, 0.5) is 0 Å². The molecule has 1 aliphatic rings. The van der Waals surface area contributed by atoms with E-state index in [4.69, 9.17) is 10.00 Å². The fourth-order valence-electron chi connectivity index (χ4n) is 3.32. The number of carbonyl (C=O) groups is 2. The highest BCUT2D eigenvalue weighted by molar-refractivity contribution is 5.79. The molecule has 0 aliphatic carbocycles. The fourth-order valence-corrected chi connectivity index (χ4v) is 3.32. The molecular weight excluding hydrogens is 368 g/mol.